The average Bonchev–Trinajstić information content (AvgIpc) is 3.02. The zero-order chi connectivity index (χ0) is 18.7. The van der Waals surface area contributed by atoms with E-state index in [4.69, 9.17) is 4.74 Å². The number of hydrogen-bond donors (Lipinski definition) is 2. The molecule has 0 aromatic rings. The number of ether oxygens (including phenoxy) is 1. The maximum Gasteiger partial charge on any atom is 0.0869 e. The van der Waals surface area contributed by atoms with E-state index in [1.54, 1.807) is 0 Å². The lowest BCUT2D eigenvalue weighted by molar-refractivity contribution is -0.156. The molecule has 1 fully saturated rings. The molecular weight excluding hydrogens is 342 g/mol. The average molecular weight is 376 g/mol. The molecule has 4 heteroatoms. The van der Waals surface area contributed by atoms with Gasteiger partial charge in [0.25, 0.3) is 0 Å². The summed E-state index contributed by atoms with van der Waals surface area (Å²) >= 11 is 4.32. The highest BCUT2D eigenvalue weighted by atomic mass is 32.1. The highest BCUT2D eigenvalue weighted by molar-refractivity contribution is 7.84. The molecule has 2 heterocycles. The van der Waals surface area contributed by atoms with Gasteiger partial charge in [0.1, 0.15) is 0 Å². The fourth-order valence-corrected chi connectivity index (χ4v) is 4.62. The molecule has 2 aliphatic heterocycles. The monoisotopic (exact) mass is 375 g/mol. The minimum atomic E-state index is -0.279. The molecule has 0 aromatic carbocycles. The Morgan fingerprint density at radius 1 is 1.38 bits per heavy atom. The molecule has 144 valence electrons. The highest BCUT2D eigenvalue weighted by Gasteiger charge is 2.46. The van der Waals surface area contributed by atoms with Crippen LogP contribution in [0.4, 0.5) is 0 Å². The van der Waals surface area contributed by atoms with E-state index in [9.17, 15) is 5.11 Å². The predicted molar refractivity (Wildman–Crippen MR) is 112 cm³/mol. The molecule has 0 radical (unpaired) electrons. The standard InChI is InChI=1S/C22H33NO2S/c1-15(6-4-8-16(2)26)7-5-10-22(3)11-9-18-20(24)12-17-13-23-14-19(17)21(18)25-22/h7-8,13,18,20-21,24,26H,4-6,9-12,14H2,1-3H3/b15-7+,16-8+/t18?,20?,21?,22-/m0/s1. The van der Waals surface area contributed by atoms with E-state index in [1.807, 2.05) is 13.1 Å². The summed E-state index contributed by atoms with van der Waals surface area (Å²) in [5.41, 5.74) is 3.88. The molecule has 1 N–H and O–H groups in total. The van der Waals surface area contributed by atoms with Crippen LogP contribution in [-0.2, 0) is 4.74 Å². The van der Waals surface area contributed by atoms with Gasteiger partial charge in [0, 0.05) is 18.6 Å². The lowest BCUT2D eigenvalue weighted by Gasteiger charge is -2.47. The fourth-order valence-electron chi connectivity index (χ4n) is 4.49. The second-order valence-corrected chi connectivity index (χ2v) is 9.16. The minimum Gasteiger partial charge on any atom is -0.392 e. The molecule has 0 aromatic heterocycles. The van der Waals surface area contributed by atoms with Gasteiger partial charge in [-0.25, -0.2) is 0 Å². The molecule has 3 rings (SSSR count). The Labute approximate surface area is 163 Å². The third-order valence-corrected chi connectivity index (χ3v) is 6.32. The maximum atomic E-state index is 10.5. The Morgan fingerprint density at radius 3 is 2.96 bits per heavy atom. The van der Waals surface area contributed by atoms with E-state index >= 15 is 0 Å². The van der Waals surface area contributed by atoms with Crippen LogP contribution in [0.1, 0.15) is 65.7 Å². The van der Waals surface area contributed by atoms with Gasteiger partial charge in [-0.2, -0.15) is 0 Å². The van der Waals surface area contributed by atoms with Crippen LogP contribution < -0.4 is 0 Å². The highest BCUT2D eigenvalue weighted by Crippen LogP contribution is 2.45. The van der Waals surface area contributed by atoms with E-state index in [1.165, 1.54) is 16.7 Å². The van der Waals surface area contributed by atoms with Crippen molar-refractivity contribution in [2.45, 2.75) is 83.5 Å². The van der Waals surface area contributed by atoms with Crippen molar-refractivity contribution in [3.63, 3.8) is 0 Å². The summed E-state index contributed by atoms with van der Waals surface area (Å²) in [7, 11) is 0. The number of rotatable bonds is 6. The number of nitrogens with zero attached hydrogens (tertiary/aromatic N) is 1. The molecule has 3 unspecified atom stereocenters. The van der Waals surface area contributed by atoms with Crippen LogP contribution in [0.2, 0.25) is 0 Å². The maximum absolute atomic E-state index is 10.5. The van der Waals surface area contributed by atoms with Gasteiger partial charge in [-0.1, -0.05) is 17.7 Å². The van der Waals surface area contributed by atoms with Crippen molar-refractivity contribution in [3.8, 4) is 0 Å². The van der Waals surface area contributed by atoms with Crippen LogP contribution in [-0.4, -0.2) is 35.7 Å². The van der Waals surface area contributed by atoms with Gasteiger partial charge in [-0.3, -0.25) is 4.99 Å². The van der Waals surface area contributed by atoms with E-state index in [2.05, 4.69) is 43.6 Å². The summed E-state index contributed by atoms with van der Waals surface area (Å²) in [6.45, 7) is 7.24. The van der Waals surface area contributed by atoms with Crippen LogP contribution in [0.5, 0.6) is 0 Å². The molecule has 26 heavy (non-hydrogen) atoms. The number of aliphatic imine (C=N–C) groups is 1. The van der Waals surface area contributed by atoms with Crippen LogP contribution in [0.15, 0.2) is 38.8 Å². The Kier molecular flexibility index (Phi) is 6.47. The largest absolute Gasteiger partial charge is 0.392 e. The van der Waals surface area contributed by atoms with Gasteiger partial charge in [-0.15, -0.1) is 12.6 Å². The molecular formula is C22H33NO2S. The first-order chi connectivity index (χ1) is 12.4. The second kappa shape index (κ2) is 8.45. The Morgan fingerprint density at radius 2 is 2.19 bits per heavy atom. The van der Waals surface area contributed by atoms with Gasteiger partial charge < -0.3 is 9.84 Å². The lowest BCUT2D eigenvalue weighted by atomic mass is 9.73. The van der Waals surface area contributed by atoms with Crippen LogP contribution >= 0.6 is 12.6 Å². The molecule has 4 atom stereocenters. The Hall–Kier alpha value is -0.840. The van der Waals surface area contributed by atoms with E-state index in [0.29, 0.717) is 0 Å². The fraction of sp³-hybridized carbons (Fsp3) is 0.682. The topological polar surface area (TPSA) is 41.8 Å². The Bertz CT molecular complexity index is 645. The summed E-state index contributed by atoms with van der Waals surface area (Å²) < 4.78 is 6.61. The smallest absolute Gasteiger partial charge is 0.0869 e. The SMILES string of the molecule is C/C(S)=C\CC/C(C)=C/CC[C@@]1(C)CCC2C(O)CC3=C(CN=C3)C2O1. The number of aliphatic hydroxyl groups excluding tert-OH is 1. The summed E-state index contributed by atoms with van der Waals surface area (Å²) in [5, 5.41) is 10.5. The molecule has 1 aliphatic carbocycles. The molecule has 0 bridgehead atoms. The van der Waals surface area contributed by atoms with E-state index in [-0.39, 0.29) is 23.7 Å². The van der Waals surface area contributed by atoms with E-state index < -0.39 is 0 Å². The van der Waals surface area contributed by atoms with Gasteiger partial charge in [0.15, 0.2) is 0 Å². The zero-order valence-corrected chi connectivity index (χ0v) is 17.3. The quantitative estimate of drug-likeness (QED) is 0.505. The van der Waals surface area contributed by atoms with Crippen LogP contribution in [0.25, 0.3) is 0 Å². The number of fused-ring (bicyclic) bond motifs is 2. The summed E-state index contributed by atoms with van der Waals surface area (Å²) in [6, 6.07) is 0. The zero-order valence-electron chi connectivity index (χ0n) is 16.4. The molecule has 3 aliphatic rings. The van der Waals surface area contributed by atoms with Crippen molar-refractivity contribution in [3.05, 3.63) is 33.8 Å². The number of allylic oxidation sites excluding steroid dienone is 4. The van der Waals surface area contributed by atoms with E-state index in [0.717, 1.165) is 56.4 Å². The minimum absolute atomic E-state index is 0.0589. The lowest BCUT2D eigenvalue weighted by Crippen LogP contribution is -2.50. The van der Waals surface area contributed by atoms with Crippen LogP contribution in [0, 0.1) is 5.92 Å². The van der Waals surface area contributed by atoms with Gasteiger partial charge in [0.05, 0.1) is 24.4 Å². The second-order valence-electron chi connectivity index (χ2n) is 8.46. The first kappa shape index (κ1) is 19.9. The van der Waals surface area contributed by atoms with Crippen molar-refractivity contribution in [1.29, 1.82) is 0 Å². The number of hydrogen-bond acceptors (Lipinski definition) is 4. The normalized spacial score (nSPS) is 34.9. The van der Waals surface area contributed by atoms with Gasteiger partial charge in [-0.05, 0) is 75.3 Å². The first-order valence-electron chi connectivity index (χ1n) is 9.97. The molecule has 0 saturated carbocycles. The summed E-state index contributed by atoms with van der Waals surface area (Å²) in [5.74, 6) is 0.247. The van der Waals surface area contributed by atoms with Crippen molar-refractivity contribution in [1.82, 2.24) is 0 Å². The third kappa shape index (κ3) is 4.71. The van der Waals surface area contributed by atoms with Crippen molar-refractivity contribution in [2.24, 2.45) is 10.9 Å². The molecule has 3 nitrogen and oxygen atoms in total. The van der Waals surface area contributed by atoms with Crippen molar-refractivity contribution < 1.29 is 9.84 Å². The van der Waals surface area contributed by atoms with Gasteiger partial charge >= 0.3 is 0 Å². The van der Waals surface area contributed by atoms with Crippen LogP contribution in [0.3, 0.4) is 0 Å². The summed E-state index contributed by atoms with van der Waals surface area (Å²) in [4.78, 5) is 5.51. The summed E-state index contributed by atoms with van der Waals surface area (Å²) in [6.07, 6.45) is 13.3. The molecule has 0 spiro atoms. The molecule has 0 amide bonds. The third-order valence-electron chi connectivity index (χ3n) is 6.14. The van der Waals surface area contributed by atoms with Gasteiger partial charge in [0.2, 0.25) is 0 Å². The number of thiol groups is 1. The molecule has 1 saturated heterocycles. The number of aliphatic hydroxyl groups is 1. The van der Waals surface area contributed by atoms with Crippen molar-refractivity contribution in [2.75, 3.05) is 6.54 Å². The first-order valence-corrected chi connectivity index (χ1v) is 10.4. The predicted octanol–water partition coefficient (Wildman–Crippen LogP) is 5.03. The Balaban J connectivity index is 1.56. The van der Waals surface area contributed by atoms with Crippen molar-refractivity contribution >= 4 is 18.8 Å².